The molecule has 0 atom stereocenters. The number of nitrogens with zero attached hydrogens (tertiary/aromatic N) is 1. The molecule has 0 aliphatic rings. The zero-order valence-corrected chi connectivity index (χ0v) is 9.20. The molecular formula is C11H10N2O5. The van der Waals surface area contributed by atoms with Gasteiger partial charge in [-0.3, -0.25) is 19.7 Å². The number of carboxylic acid groups (broad SMARTS) is 1. The van der Waals surface area contributed by atoms with Crippen molar-refractivity contribution in [3.63, 3.8) is 0 Å². The minimum absolute atomic E-state index is 0.122. The summed E-state index contributed by atoms with van der Waals surface area (Å²) in [6, 6.07) is 5.46. The van der Waals surface area contributed by atoms with Gasteiger partial charge in [0.05, 0.1) is 11.3 Å². The summed E-state index contributed by atoms with van der Waals surface area (Å²) >= 11 is 0. The number of nitro benzene ring substituents is 1. The van der Waals surface area contributed by atoms with Gasteiger partial charge in [0.2, 0.25) is 5.91 Å². The molecule has 0 saturated heterocycles. The molecule has 0 saturated carbocycles. The van der Waals surface area contributed by atoms with Crippen molar-refractivity contribution >= 4 is 23.6 Å². The average Bonchev–Trinajstić information content (AvgIpc) is 2.27. The average molecular weight is 250 g/mol. The fraction of sp³-hybridized carbons (Fsp3) is 0.0909. The first kappa shape index (κ1) is 13.4. The van der Waals surface area contributed by atoms with E-state index in [0.717, 1.165) is 0 Å². The standard InChI is InChI=1S/C11H10N2O5/c12-11(16)8(6-10(14)15)4-7-2-1-3-9(5-7)13(17)18/h1-5H,6H2,(H2,12,16)(H,14,15). The highest BCUT2D eigenvalue weighted by atomic mass is 16.6. The van der Waals surface area contributed by atoms with Crippen LogP contribution in [-0.2, 0) is 9.59 Å². The highest BCUT2D eigenvalue weighted by Crippen LogP contribution is 2.16. The lowest BCUT2D eigenvalue weighted by Crippen LogP contribution is -2.16. The third kappa shape index (κ3) is 3.71. The molecule has 7 heteroatoms. The van der Waals surface area contributed by atoms with Gasteiger partial charge >= 0.3 is 5.97 Å². The quantitative estimate of drug-likeness (QED) is 0.457. The van der Waals surface area contributed by atoms with Gasteiger partial charge in [0.1, 0.15) is 0 Å². The number of hydrogen-bond acceptors (Lipinski definition) is 4. The lowest BCUT2D eigenvalue weighted by atomic mass is 10.1. The number of amides is 1. The van der Waals surface area contributed by atoms with Crippen LogP contribution in [0.25, 0.3) is 6.08 Å². The van der Waals surface area contributed by atoms with Crippen LogP contribution >= 0.6 is 0 Å². The second-order valence-corrected chi connectivity index (χ2v) is 3.46. The largest absolute Gasteiger partial charge is 0.481 e. The summed E-state index contributed by atoms with van der Waals surface area (Å²) < 4.78 is 0. The maximum absolute atomic E-state index is 11.0. The van der Waals surface area contributed by atoms with Crippen LogP contribution in [0.2, 0.25) is 0 Å². The summed E-state index contributed by atoms with van der Waals surface area (Å²) in [6.45, 7) is 0. The third-order valence-electron chi connectivity index (χ3n) is 2.08. The number of carboxylic acids is 1. The summed E-state index contributed by atoms with van der Waals surface area (Å²) in [5.74, 6) is -2.07. The van der Waals surface area contributed by atoms with Crippen molar-refractivity contribution in [2.75, 3.05) is 0 Å². The molecule has 0 aliphatic carbocycles. The Morgan fingerprint density at radius 3 is 2.61 bits per heavy atom. The monoisotopic (exact) mass is 250 g/mol. The topological polar surface area (TPSA) is 124 Å². The molecule has 0 heterocycles. The Labute approximate surface area is 102 Å². The first-order valence-corrected chi connectivity index (χ1v) is 4.87. The second-order valence-electron chi connectivity index (χ2n) is 3.46. The molecule has 0 aromatic heterocycles. The third-order valence-corrected chi connectivity index (χ3v) is 2.08. The molecule has 1 aromatic rings. The van der Waals surface area contributed by atoms with Crippen molar-refractivity contribution in [3.8, 4) is 0 Å². The Morgan fingerprint density at radius 1 is 1.44 bits per heavy atom. The van der Waals surface area contributed by atoms with E-state index in [0.29, 0.717) is 5.56 Å². The molecule has 3 N–H and O–H groups in total. The summed E-state index contributed by atoms with van der Waals surface area (Å²) in [5, 5.41) is 19.1. The van der Waals surface area contributed by atoms with Gasteiger partial charge in [0.15, 0.2) is 0 Å². The Balaban J connectivity index is 3.11. The Bertz CT molecular complexity index is 536. The van der Waals surface area contributed by atoms with E-state index in [9.17, 15) is 19.7 Å². The maximum Gasteiger partial charge on any atom is 0.308 e. The van der Waals surface area contributed by atoms with Gasteiger partial charge < -0.3 is 10.8 Å². The van der Waals surface area contributed by atoms with E-state index in [1.165, 1.54) is 30.3 Å². The van der Waals surface area contributed by atoms with Gasteiger partial charge in [-0.25, -0.2) is 0 Å². The van der Waals surface area contributed by atoms with E-state index in [-0.39, 0.29) is 11.3 Å². The molecule has 1 amide bonds. The number of benzene rings is 1. The van der Waals surface area contributed by atoms with Gasteiger partial charge in [-0.05, 0) is 11.6 Å². The number of aliphatic carboxylic acids is 1. The van der Waals surface area contributed by atoms with E-state index in [4.69, 9.17) is 10.8 Å². The summed E-state index contributed by atoms with van der Waals surface area (Å²) in [5.41, 5.74) is 5.10. The van der Waals surface area contributed by atoms with Crippen LogP contribution in [0.4, 0.5) is 5.69 Å². The Morgan fingerprint density at radius 2 is 2.11 bits per heavy atom. The molecule has 1 rings (SSSR count). The van der Waals surface area contributed by atoms with Crippen molar-refractivity contribution in [2.45, 2.75) is 6.42 Å². The van der Waals surface area contributed by atoms with Crippen LogP contribution in [-0.4, -0.2) is 21.9 Å². The Kier molecular flexibility index (Phi) is 4.14. The first-order chi connectivity index (χ1) is 8.40. The maximum atomic E-state index is 11.0. The number of nitro groups is 1. The van der Waals surface area contributed by atoms with Crippen LogP contribution in [0.15, 0.2) is 29.8 Å². The van der Waals surface area contributed by atoms with Gasteiger partial charge in [0, 0.05) is 17.7 Å². The molecule has 0 fully saturated rings. The lowest BCUT2D eigenvalue weighted by Gasteiger charge is -2.00. The molecule has 18 heavy (non-hydrogen) atoms. The minimum atomic E-state index is -1.20. The highest BCUT2D eigenvalue weighted by Gasteiger charge is 2.11. The molecule has 0 radical (unpaired) electrons. The van der Waals surface area contributed by atoms with Gasteiger partial charge in [-0.1, -0.05) is 12.1 Å². The number of non-ortho nitro benzene ring substituents is 1. The fourth-order valence-electron chi connectivity index (χ4n) is 1.30. The number of primary amides is 1. The molecular weight excluding hydrogens is 240 g/mol. The first-order valence-electron chi connectivity index (χ1n) is 4.87. The van der Waals surface area contributed by atoms with Gasteiger partial charge in [-0.2, -0.15) is 0 Å². The van der Waals surface area contributed by atoms with Gasteiger partial charge in [0.25, 0.3) is 5.69 Å². The zero-order chi connectivity index (χ0) is 13.7. The van der Waals surface area contributed by atoms with E-state index < -0.39 is 23.2 Å². The second kappa shape index (κ2) is 5.58. The highest BCUT2D eigenvalue weighted by molar-refractivity contribution is 6.00. The van der Waals surface area contributed by atoms with Crippen molar-refractivity contribution in [2.24, 2.45) is 5.73 Å². The number of carbonyl (C=O) groups is 2. The number of hydrogen-bond donors (Lipinski definition) is 2. The fourth-order valence-corrected chi connectivity index (χ4v) is 1.30. The van der Waals surface area contributed by atoms with E-state index >= 15 is 0 Å². The lowest BCUT2D eigenvalue weighted by molar-refractivity contribution is -0.384. The molecule has 0 bridgehead atoms. The SMILES string of the molecule is NC(=O)C(=Cc1cccc([N+](=O)[O-])c1)CC(=O)O. The van der Waals surface area contributed by atoms with E-state index in [1.54, 1.807) is 0 Å². The minimum Gasteiger partial charge on any atom is -0.481 e. The number of rotatable bonds is 5. The van der Waals surface area contributed by atoms with Crippen molar-refractivity contribution < 1.29 is 19.6 Å². The summed E-state index contributed by atoms with van der Waals surface area (Å²) in [7, 11) is 0. The summed E-state index contributed by atoms with van der Waals surface area (Å²) in [6.07, 6.45) is 0.696. The van der Waals surface area contributed by atoms with Crippen LogP contribution in [0.5, 0.6) is 0 Å². The van der Waals surface area contributed by atoms with Gasteiger partial charge in [-0.15, -0.1) is 0 Å². The van der Waals surface area contributed by atoms with E-state index in [1.807, 2.05) is 0 Å². The molecule has 94 valence electrons. The molecule has 0 aliphatic heterocycles. The van der Waals surface area contributed by atoms with Crippen LogP contribution in [0.1, 0.15) is 12.0 Å². The van der Waals surface area contributed by atoms with Crippen LogP contribution in [0, 0.1) is 10.1 Å². The van der Waals surface area contributed by atoms with Crippen molar-refractivity contribution in [3.05, 3.63) is 45.5 Å². The Hall–Kier alpha value is -2.70. The van der Waals surface area contributed by atoms with Crippen molar-refractivity contribution in [1.82, 2.24) is 0 Å². The predicted octanol–water partition coefficient (Wildman–Crippen LogP) is 0.938. The number of carbonyl (C=O) groups excluding carboxylic acids is 1. The van der Waals surface area contributed by atoms with E-state index in [2.05, 4.69) is 0 Å². The smallest absolute Gasteiger partial charge is 0.308 e. The van der Waals surface area contributed by atoms with Crippen molar-refractivity contribution in [1.29, 1.82) is 0 Å². The molecule has 0 spiro atoms. The summed E-state index contributed by atoms with van der Waals surface area (Å²) in [4.78, 5) is 31.5. The zero-order valence-electron chi connectivity index (χ0n) is 9.20. The predicted molar refractivity (Wildman–Crippen MR) is 62.5 cm³/mol. The number of nitrogens with two attached hydrogens (primary N) is 1. The molecule has 0 unspecified atom stereocenters. The van der Waals surface area contributed by atoms with Crippen LogP contribution in [0.3, 0.4) is 0 Å². The van der Waals surface area contributed by atoms with Crippen LogP contribution < -0.4 is 5.73 Å². The normalized spacial score (nSPS) is 11.0. The molecule has 7 nitrogen and oxygen atoms in total. The molecule has 1 aromatic carbocycles.